The molecule has 0 bridgehead atoms. The topological polar surface area (TPSA) is 51.0 Å². The van der Waals surface area contributed by atoms with Gasteiger partial charge in [-0.15, -0.1) is 0 Å². The van der Waals surface area contributed by atoms with Gasteiger partial charge in [0.1, 0.15) is 0 Å². The Morgan fingerprint density at radius 3 is 2.96 bits per heavy atom. The van der Waals surface area contributed by atoms with Gasteiger partial charge in [0.15, 0.2) is 0 Å². The molecule has 1 aliphatic heterocycles. The lowest BCUT2D eigenvalue weighted by molar-refractivity contribution is -0.135. The molecular formula is C18H24N4O. The fourth-order valence-corrected chi connectivity index (χ4v) is 3.25. The van der Waals surface area contributed by atoms with Crippen molar-refractivity contribution in [1.29, 1.82) is 0 Å². The second kappa shape index (κ2) is 7.90. The van der Waals surface area contributed by atoms with Crippen LogP contribution < -0.4 is 0 Å². The number of hydrogen-bond acceptors (Lipinski definition) is 3. The molecule has 0 N–H and O–H groups in total. The van der Waals surface area contributed by atoms with E-state index in [4.69, 9.17) is 0 Å². The van der Waals surface area contributed by atoms with Crippen LogP contribution >= 0.6 is 0 Å². The van der Waals surface area contributed by atoms with Gasteiger partial charge >= 0.3 is 0 Å². The van der Waals surface area contributed by atoms with Gasteiger partial charge in [-0.3, -0.25) is 14.5 Å². The van der Waals surface area contributed by atoms with Crippen LogP contribution in [-0.4, -0.2) is 38.2 Å². The number of carbonyl (C=O) groups is 1. The zero-order valence-electron chi connectivity index (χ0n) is 13.5. The molecule has 1 saturated heterocycles. The molecule has 1 aliphatic rings. The van der Waals surface area contributed by atoms with Crippen molar-refractivity contribution in [3.05, 3.63) is 48.5 Å². The third-order valence-corrected chi connectivity index (χ3v) is 4.45. The molecule has 1 amide bonds. The van der Waals surface area contributed by atoms with E-state index in [9.17, 15) is 4.79 Å². The van der Waals surface area contributed by atoms with E-state index in [1.165, 1.54) is 6.42 Å². The normalized spacial score (nSPS) is 18.1. The average Bonchev–Trinajstić information content (AvgIpc) is 3.09. The second-order valence-electron chi connectivity index (χ2n) is 6.14. The molecule has 1 fully saturated rings. The Kier molecular flexibility index (Phi) is 5.40. The number of nitrogens with zero attached hydrogens (tertiary/aromatic N) is 4. The Morgan fingerprint density at radius 1 is 1.22 bits per heavy atom. The molecule has 2 aromatic heterocycles. The first kappa shape index (κ1) is 15.7. The minimum atomic E-state index is 0.276. The van der Waals surface area contributed by atoms with Crippen molar-refractivity contribution in [3.8, 4) is 0 Å². The van der Waals surface area contributed by atoms with Crippen LogP contribution in [0.25, 0.3) is 0 Å². The maximum atomic E-state index is 12.6. The van der Waals surface area contributed by atoms with Gasteiger partial charge in [-0.05, 0) is 50.3 Å². The summed E-state index contributed by atoms with van der Waals surface area (Å²) in [6.07, 6.45) is 11.3. The first-order chi connectivity index (χ1) is 11.3. The van der Waals surface area contributed by atoms with Gasteiger partial charge in [0.05, 0.1) is 12.6 Å². The number of aromatic nitrogens is 3. The summed E-state index contributed by atoms with van der Waals surface area (Å²) in [4.78, 5) is 19.0. The fourth-order valence-electron chi connectivity index (χ4n) is 3.25. The van der Waals surface area contributed by atoms with E-state index in [-0.39, 0.29) is 11.9 Å². The van der Waals surface area contributed by atoms with Crippen LogP contribution in [-0.2, 0) is 17.8 Å². The minimum Gasteiger partial charge on any atom is -0.338 e. The summed E-state index contributed by atoms with van der Waals surface area (Å²) >= 11 is 0. The molecule has 2 aromatic rings. The molecule has 0 saturated carbocycles. The highest BCUT2D eigenvalue weighted by atomic mass is 16.2. The van der Waals surface area contributed by atoms with E-state index in [1.54, 1.807) is 6.20 Å². The summed E-state index contributed by atoms with van der Waals surface area (Å²) in [6.45, 7) is 1.69. The zero-order chi connectivity index (χ0) is 15.9. The number of rotatable bonds is 6. The molecular weight excluding hydrogens is 288 g/mol. The summed E-state index contributed by atoms with van der Waals surface area (Å²) in [5.74, 6) is 0.276. The predicted octanol–water partition coefficient (Wildman–Crippen LogP) is 2.68. The highest BCUT2D eigenvalue weighted by molar-refractivity contribution is 5.76. The lowest BCUT2D eigenvalue weighted by atomic mass is 10.0. The van der Waals surface area contributed by atoms with Gasteiger partial charge in [-0.25, -0.2) is 0 Å². The van der Waals surface area contributed by atoms with Gasteiger partial charge in [-0.1, -0.05) is 6.07 Å². The highest BCUT2D eigenvalue weighted by Gasteiger charge is 2.26. The molecule has 5 nitrogen and oxygen atoms in total. The molecule has 0 spiro atoms. The first-order valence-corrected chi connectivity index (χ1v) is 8.50. The number of carbonyl (C=O) groups excluding carboxylic acids is 1. The number of piperidine rings is 1. The van der Waals surface area contributed by atoms with Gasteiger partial charge < -0.3 is 4.90 Å². The van der Waals surface area contributed by atoms with Crippen LogP contribution in [0.1, 0.15) is 37.8 Å². The van der Waals surface area contributed by atoms with Gasteiger partial charge in [0.2, 0.25) is 5.91 Å². The van der Waals surface area contributed by atoms with E-state index in [1.807, 2.05) is 41.3 Å². The molecule has 0 aromatic carbocycles. The average molecular weight is 312 g/mol. The van der Waals surface area contributed by atoms with Crippen molar-refractivity contribution in [2.75, 3.05) is 6.54 Å². The van der Waals surface area contributed by atoms with Crippen LogP contribution in [0.15, 0.2) is 42.9 Å². The standard InChI is InChI=1S/C18H24N4O/c23-18(10-5-8-16-7-1-3-11-19-16)22-14-4-2-9-17(22)15-21-13-6-12-20-21/h1,3,6-7,11-13,17H,2,4-5,8-10,14-15H2. The van der Waals surface area contributed by atoms with Crippen molar-refractivity contribution in [2.24, 2.45) is 0 Å². The minimum absolute atomic E-state index is 0.276. The van der Waals surface area contributed by atoms with Crippen molar-refractivity contribution in [3.63, 3.8) is 0 Å². The van der Waals surface area contributed by atoms with Crippen LogP contribution in [0.2, 0.25) is 0 Å². The van der Waals surface area contributed by atoms with Crippen LogP contribution in [0.4, 0.5) is 0 Å². The molecule has 122 valence electrons. The Morgan fingerprint density at radius 2 is 2.17 bits per heavy atom. The first-order valence-electron chi connectivity index (χ1n) is 8.50. The molecule has 5 heteroatoms. The zero-order valence-corrected chi connectivity index (χ0v) is 13.5. The fraction of sp³-hybridized carbons (Fsp3) is 0.500. The van der Waals surface area contributed by atoms with E-state index in [0.717, 1.165) is 44.5 Å². The van der Waals surface area contributed by atoms with Crippen LogP contribution in [0, 0.1) is 0 Å². The van der Waals surface area contributed by atoms with E-state index < -0.39 is 0 Å². The third-order valence-electron chi connectivity index (χ3n) is 4.45. The second-order valence-corrected chi connectivity index (χ2v) is 6.14. The summed E-state index contributed by atoms with van der Waals surface area (Å²) in [5, 5.41) is 4.28. The lowest BCUT2D eigenvalue weighted by Crippen LogP contribution is -2.45. The van der Waals surface area contributed by atoms with E-state index >= 15 is 0 Å². The van der Waals surface area contributed by atoms with Gasteiger partial charge in [0, 0.05) is 37.3 Å². The maximum absolute atomic E-state index is 12.6. The predicted molar refractivity (Wildman–Crippen MR) is 88.8 cm³/mol. The monoisotopic (exact) mass is 312 g/mol. The number of likely N-dealkylation sites (tertiary alicyclic amines) is 1. The largest absolute Gasteiger partial charge is 0.338 e. The molecule has 1 atom stereocenters. The number of amides is 1. The Hall–Kier alpha value is -2.17. The third kappa shape index (κ3) is 4.41. The maximum Gasteiger partial charge on any atom is 0.222 e. The SMILES string of the molecule is O=C(CCCc1ccccn1)N1CCCCC1Cn1cccn1. The summed E-state index contributed by atoms with van der Waals surface area (Å²) in [7, 11) is 0. The Bertz CT molecular complexity index is 597. The van der Waals surface area contributed by atoms with E-state index in [0.29, 0.717) is 6.42 Å². The Labute approximate surface area is 137 Å². The quantitative estimate of drug-likeness (QED) is 0.824. The number of pyridine rings is 1. The van der Waals surface area contributed by atoms with E-state index in [2.05, 4.69) is 15.0 Å². The molecule has 23 heavy (non-hydrogen) atoms. The Balaban J connectivity index is 1.51. The van der Waals surface area contributed by atoms with Crippen molar-refractivity contribution >= 4 is 5.91 Å². The van der Waals surface area contributed by atoms with Gasteiger partial charge in [0.25, 0.3) is 0 Å². The molecule has 1 unspecified atom stereocenters. The van der Waals surface area contributed by atoms with Crippen molar-refractivity contribution in [2.45, 2.75) is 51.1 Å². The smallest absolute Gasteiger partial charge is 0.222 e. The van der Waals surface area contributed by atoms with Crippen molar-refractivity contribution < 1.29 is 4.79 Å². The van der Waals surface area contributed by atoms with Crippen LogP contribution in [0.3, 0.4) is 0 Å². The summed E-state index contributed by atoms with van der Waals surface area (Å²) in [5.41, 5.74) is 1.06. The number of hydrogen-bond donors (Lipinski definition) is 0. The summed E-state index contributed by atoms with van der Waals surface area (Å²) < 4.78 is 1.93. The van der Waals surface area contributed by atoms with Crippen LogP contribution in [0.5, 0.6) is 0 Å². The molecule has 3 rings (SSSR count). The lowest BCUT2D eigenvalue weighted by Gasteiger charge is -2.36. The summed E-state index contributed by atoms with van der Waals surface area (Å²) in [6, 6.07) is 8.15. The highest BCUT2D eigenvalue weighted by Crippen LogP contribution is 2.20. The van der Waals surface area contributed by atoms with Gasteiger partial charge in [-0.2, -0.15) is 5.10 Å². The molecule has 3 heterocycles. The van der Waals surface area contributed by atoms with Crippen molar-refractivity contribution in [1.82, 2.24) is 19.7 Å². The number of aryl methyl sites for hydroxylation is 1. The molecule has 0 aliphatic carbocycles. The molecule has 0 radical (unpaired) electrons.